The molecule has 1 fully saturated rings. The molecule has 0 spiro atoms. The van der Waals surface area contributed by atoms with Crippen LogP contribution in [0.15, 0.2) is 6.20 Å². The van der Waals surface area contributed by atoms with E-state index in [9.17, 15) is 4.79 Å². The highest BCUT2D eigenvalue weighted by Crippen LogP contribution is 2.22. The summed E-state index contributed by atoms with van der Waals surface area (Å²) < 4.78 is 0. The van der Waals surface area contributed by atoms with Crippen LogP contribution < -0.4 is 4.90 Å². The van der Waals surface area contributed by atoms with Gasteiger partial charge in [0.2, 0.25) is 0 Å². The molecule has 5 nitrogen and oxygen atoms in total. The van der Waals surface area contributed by atoms with E-state index >= 15 is 0 Å². The van der Waals surface area contributed by atoms with Crippen LogP contribution in [0, 0.1) is 0 Å². The number of aromatic carboxylic acids is 1. The Morgan fingerprint density at radius 2 is 2.19 bits per heavy atom. The van der Waals surface area contributed by atoms with Crippen molar-refractivity contribution in [2.45, 2.75) is 26.2 Å². The van der Waals surface area contributed by atoms with Crippen molar-refractivity contribution in [1.82, 2.24) is 9.97 Å². The van der Waals surface area contributed by atoms with Gasteiger partial charge in [0.15, 0.2) is 0 Å². The quantitative estimate of drug-likeness (QED) is 0.834. The number of anilines is 1. The fourth-order valence-corrected chi connectivity index (χ4v) is 1.90. The molecule has 1 aliphatic rings. The van der Waals surface area contributed by atoms with E-state index in [0.717, 1.165) is 32.4 Å². The Bertz CT molecular complexity index is 400. The summed E-state index contributed by atoms with van der Waals surface area (Å²) in [6.45, 7) is 3.74. The van der Waals surface area contributed by atoms with Gasteiger partial charge in [-0.25, -0.2) is 14.8 Å². The Hall–Kier alpha value is -1.65. The predicted molar refractivity (Wildman–Crippen MR) is 59.8 cm³/mol. The number of aryl methyl sites for hydroxylation is 1. The van der Waals surface area contributed by atoms with Crippen molar-refractivity contribution in [2.24, 2.45) is 0 Å². The number of aromatic nitrogens is 2. The van der Waals surface area contributed by atoms with Crippen molar-refractivity contribution in [3.8, 4) is 0 Å². The molecule has 86 valence electrons. The Morgan fingerprint density at radius 3 is 2.75 bits per heavy atom. The fourth-order valence-electron chi connectivity index (χ4n) is 1.90. The average Bonchev–Trinajstić information content (AvgIpc) is 2.81. The molecule has 2 rings (SSSR count). The van der Waals surface area contributed by atoms with Gasteiger partial charge in [-0.15, -0.1) is 0 Å². The maximum atomic E-state index is 11.1. The minimum absolute atomic E-state index is 0.208. The van der Waals surface area contributed by atoms with Crippen LogP contribution in [0.2, 0.25) is 0 Å². The monoisotopic (exact) mass is 221 g/mol. The topological polar surface area (TPSA) is 66.3 Å². The van der Waals surface area contributed by atoms with Crippen molar-refractivity contribution in [1.29, 1.82) is 0 Å². The highest BCUT2D eigenvalue weighted by Gasteiger charge is 2.21. The zero-order valence-electron chi connectivity index (χ0n) is 9.31. The van der Waals surface area contributed by atoms with E-state index < -0.39 is 5.97 Å². The first-order valence-electron chi connectivity index (χ1n) is 5.56. The Morgan fingerprint density at radius 1 is 1.50 bits per heavy atom. The molecule has 0 atom stereocenters. The van der Waals surface area contributed by atoms with Gasteiger partial charge in [0, 0.05) is 25.7 Å². The second-order valence-electron chi connectivity index (χ2n) is 3.88. The first-order valence-corrected chi connectivity index (χ1v) is 5.56. The van der Waals surface area contributed by atoms with Crippen LogP contribution >= 0.6 is 0 Å². The molecule has 1 aromatic heterocycles. The van der Waals surface area contributed by atoms with Gasteiger partial charge >= 0.3 is 5.97 Å². The summed E-state index contributed by atoms with van der Waals surface area (Å²) >= 11 is 0. The van der Waals surface area contributed by atoms with Gasteiger partial charge in [0.05, 0.1) is 0 Å². The molecule has 1 N–H and O–H groups in total. The molecule has 5 heteroatoms. The van der Waals surface area contributed by atoms with E-state index in [0.29, 0.717) is 11.6 Å². The third-order valence-electron chi connectivity index (χ3n) is 2.77. The maximum Gasteiger partial charge on any atom is 0.341 e. The predicted octanol–water partition coefficient (Wildman–Crippen LogP) is 1.34. The van der Waals surface area contributed by atoms with E-state index in [4.69, 9.17) is 5.11 Å². The molecule has 0 unspecified atom stereocenters. The molecule has 1 saturated heterocycles. The fraction of sp³-hybridized carbons (Fsp3) is 0.545. The highest BCUT2D eigenvalue weighted by atomic mass is 16.4. The molecule has 16 heavy (non-hydrogen) atoms. The van der Waals surface area contributed by atoms with Gasteiger partial charge in [0.1, 0.15) is 17.2 Å². The van der Waals surface area contributed by atoms with E-state index in [1.807, 2.05) is 11.8 Å². The van der Waals surface area contributed by atoms with E-state index in [-0.39, 0.29) is 5.56 Å². The molecule has 0 radical (unpaired) electrons. The molecule has 0 saturated carbocycles. The number of nitrogens with zero attached hydrogens (tertiary/aromatic N) is 3. The molecule has 0 aromatic carbocycles. The van der Waals surface area contributed by atoms with Crippen LogP contribution in [0.4, 0.5) is 5.82 Å². The molecule has 1 aromatic rings. The summed E-state index contributed by atoms with van der Waals surface area (Å²) in [6.07, 6.45) is 4.34. The molecule has 0 bridgehead atoms. The van der Waals surface area contributed by atoms with Crippen LogP contribution in [-0.2, 0) is 6.42 Å². The SMILES string of the molecule is CCc1ncc(C(=O)O)c(N2CCCC2)n1. The minimum atomic E-state index is -0.954. The highest BCUT2D eigenvalue weighted by molar-refractivity contribution is 5.93. The zero-order chi connectivity index (χ0) is 11.5. The Balaban J connectivity index is 2.40. The number of carbonyl (C=O) groups is 1. The lowest BCUT2D eigenvalue weighted by Gasteiger charge is -2.18. The van der Waals surface area contributed by atoms with Crippen LogP contribution in [0.25, 0.3) is 0 Å². The summed E-state index contributed by atoms with van der Waals surface area (Å²) in [5.74, 6) is 0.327. The van der Waals surface area contributed by atoms with Gasteiger partial charge < -0.3 is 10.0 Å². The van der Waals surface area contributed by atoms with Crippen molar-refractivity contribution < 1.29 is 9.90 Å². The maximum absolute atomic E-state index is 11.1. The largest absolute Gasteiger partial charge is 0.477 e. The lowest BCUT2D eigenvalue weighted by molar-refractivity contribution is 0.0696. The lowest BCUT2D eigenvalue weighted by atomic mass is 10.3. The molecular formula is C11H15N3O2. The Kier molecular flexibility index (Phi) is 3.03. The van der Waals surface area contributed by atoms with Crippen LogP contribution in [0.3, 0.4) is 0 Å². The number of carboxylic acids is 1. The average molecular weight is 221 g/mol. The summed E-state index contributed by atoms with van der Waals surface area (Å²) in [6, 6.07) is 0. The van der Waals surface area contributed by atoms with Crippen molar-refractivity contribution in [3.63, 3.8) is 0 Å². The van der Waals surface area contributed by atoms with E-state index in [1.165, 1.54) is 6.20 Å². The van der Waals surface area contributed by atoms with Gasteiger partial charge in [-0.1, -0.05) is 6.92 Å². The molecule has 0 aliphatic carbocycles. The summed E-state index contributed by atoms with van der Waals surface area (Å²) in [7, 11) is 0. The van der Waals surface area contributed by atoms with E-state index in [1.54, 1.807) is 0 Å². The van der Waals surface area contributed by atoms with Crippen LogP contribution in [0.1, 0.15) is 35.9 Å². The molecule has 1 aliphatic heterocycles. The molecule has 0 amide bonds. The van der Waals surface area contributed by atoms with Crippen LogP contribution in [0.5, 0.6) is 0 Å². The van der Waals surface area contributed by atoms with Gasteiger partial charge in [-0.2, -0.15) is 0 Å². The summed E-state index contributed by atoms with van der Waals surface area (Å²) in [5, 5.41) is 9.08. The normalized spacial score (nSPS) is 15.4. The van der Waals surface area contributed by atoms with Gasteiger partial charge in [-0.3, -0.25) is 0 Å². The Labute approximate surface area is 94.1 Å². The zero-order valence-corrected chi connectivity index (χ0v) is 9.31. The van der Waals surface area contributed by atoms with Crippen molar-refractivity contribution >= 4 is 11.8 Å². The molecular weight excluding hydrogens is 206 g/mol. The third kappa shape index (κ3) is 1.98. The number of rotatable bonds is 3. The van der Waals surface area contributed by atoms with Crippen molar-refractivity contribution in [2.75, 3.05) is 18.0 Å². The minimum Gasteiger partial charge on any atom is -0.477 e. The summed E-state index contributed by atoms with van der Waals surface area (Å²) in [4.78, 5) is 21.5. The standard InChI is InChI=1S/C11H15N3O2/c1-2-9-12-7-8(11(15)16)10(13-9)14-5-3-4-6-14/h7H,2-6H2,1H3,(H,15,16). The smallest absolute Gasteiger partial charge is 0.341 e. The molecule has 2 heterocycles. The van der Waals surface area contributed by atoms with Crippen molar-refractivity contribution in [3.05, 3.63) is 17.6 Å². The second kappa shape index (κ2) is 4.47. The third-order valence-corrected chi connectivity index (χ3v) is 2.77. The number of hydrogen-bond acceptors (Lipinski definition) is 4. The van der Waals surface area contributed by atoms with E-state index in [2.05, 4.69) is 9.97 Å². The lowest BCUT2D eigenvalue weighted by Crippen LogP contribution is -2.23. The van der Waals surface area contributed by atoms with Gasteiger partial charge in [0.25, 0.3) is 0 Å². The van der Waals surface area contributed by atoms with Crippen LogP contribution in [-0.4, -0.2) is 34.1 Å². The second-order valence-corrected chi connectivity index (χ2v) is 3.88. The first kappa shape index (κ1) is 10.9. The number of carboxylic acid groups (broad SMARTS) is 1. The number of hydrogen-bond donors (Lipinski definition) is 1. The summed E-state index contributed by atoms with van der Waals surface area (Å²) in [5.41, 5.74) is 0.208. The van der Waals surface area contributed by atoms with Gasteiger partial charge in [-0.05, 0) is 12.8 Å². The first-order chi connectivity index (χ1) is 7.72.